The topological polar surface area (TPSA) is 66.5 Å². The first-order valence-corrected chi connectivity index (χ1v) is 8.10. The van der Waals surface area contributed by atoms with E-state index >= 15 is 0 Å². The van der Waals surface area contributed by atoms with Gasteiger partial charge in [-0.2, -0.15) is 5.01 Å². The van der Waals surface area contributed by atoms with Gasteiger partial charge in [0.15, 0.2) is 0 Å². The summed E-state index contributed by atoms with van der Waals surface area (Å²) in [5.41, 5.74) is 5.00. The molecule has 4 rings (SSSR count). The van der Waals surface area contributed by atoms with Crippen molar-refractivity contribution in [2.24, 2.45) is 0 Å². The highest BCUT2D eigenvalue weighted by molar-refractivity contribution is 6.22. The maximum atomic E-state index is 12.8. The summed E-state index contributed by atoms with van der Waals surface area (Å²) in [5.74, 6) is -1.58. The Hall–Kier alpha value is -3.73. The summed E-state index contributed by atoms with van der Waals surface area (Å²) in [6.07, 6.45) is 0. The van der Waals surface area contributed by atoms with Crippen LogP contribution in [0.4, 0.5) is 0 Å². The Morgan fingerprint density at radius 2 is 1.15 bits per heavy atom. The average Bonchev–Trinajstić information content (AvgIpc) is 2.94. The zero-order valence-corrected chi connectivity index (χ0v) is 13.7. The van der Waals surface area contributed by atoms with Crippen LogP contribution in [0.1, 0.15) is 31.1 Å². The van der Waals surface area contributed by atoms with Gasteiger partial charge in [-0.05, 0) is 29.3 Å². The molecule has 5 nitrogen and oxygen atoms in total. The number of carbonyl (C=O) groups is 3. The SMILES string of the molecule is O=C(NN1C(=O)c2ccccc2C1=O)c1ccccc1-c1ccccc1. The van der Waals surface area contributed by atoms with Crippen molar-refractivity contribution in [1.29, 1.82) is 0 Å². The van der Waals surface area contributed by atoms with Crippen LogP contribution in [0.15, 0.2) is 78.9 Å². The molecule has 0 saturated carbocycles. The van der Waals surface area contributed by atoms with Crippen molar-refractivity contribution in [2.75, 3.05) is 0 Å². The van der Waals surface area contributed by atoms with E-state index in [1.165, 1.54) is 0 Å². The number of hydrogen-bond acceptors (Lipinski definition) is 3. The first-order valence-electron chi connectivity index (χ1n) is 8.10. The summed E-state index contributed by atoms with van der Waals surface area (Å²) in [7, 11) is 0. The minimum Gasteiger partial charge on any atom is -0.267 e. The maximum Gasteiger partial charge on any atom is 0.280 e. The number of fused-ring (bicyclic) bond motifs is 1. The molecule has 0 unspecified atom stereocenters. The largest absolute Gasteiger partial charge is 0.280 e. The zero-order chi connectivity index (χ0) is 18.1. The molecule has 3 aromatic rings. The fraction of sp³-hybridized carbons (Fsp3) is 0. The van der Waals surface area contributed by atoms with E-state index < -0.39 is 17.7 Å². The molecule has 1 heterocycles. The number of nitrogens with one attached hydrogen (secondary N) is 1. The van der Waals surface area contributed by atoms with Crippen molar-refractivity contribution < 1.29 is 14.4 Å². The van der Waals surface area contributed by atoms with Crippen LogP contribution in [0, 0.1) is 0 Å². The van der Waals surface area contributed by atoms with E-state index in [1.807, 2.05) is 42.5 Å². The Bertz CT molecular complexity index is 993. The molecule has 0 atom stereocenters. The Kier molecular flexibility index (Phi) is 3.82. The number of rotatable bonds is 3. The summed E-state index contributed by atoms with van der Waals surface area (Å²) >= 11 is 0. The highest BCUT2D eigenvalue weighted by atomic mass is 16.2. The van der Waals surface area contributed by atoms with Crippen LogP contribution in [0.2, 0.25) is 0 Å². The number of nitrogens with zero attached hydrogens (tertiary/aromatic N) is 1. The molecule has 0 aromatic heterocycles. The van der Waals surface area contributed by atoms with Gasteiger partial charge < -0.3 is 0 Å². The molecule has 0 saturated heterocycles. The van der Waals surface area contributed by atoms with Crippen LogP contribution in [0.5, 0.6) is 0 Å². The molecule has 1 aliphatic heterocycles. The summed E-state index contributed by atoms with van der Waals surface area (Å²) in [6, 6.07) is 23.0. The van der Waals surface area contributed by atoms with Gasteiger partial charge in [0.1, 0.15) is 0 Å². The fourth-order valence-corrected chi connectivity index (χ4v) is 3.00. The number of carbonyl (C=O) groups excluding carboxylic acids is 3. The first kappa shape index (κ1) is 15.8. The maximum absolute atomic E-state index is 12.8. The first-order chi connectivity index (χ1) is 12.7. The lowest BCUT2D eigenvalue weighted by atomic mass is 9.99. The van der Waals surface area contributed by atoms with E-state index in [4.69, 9.17) is 0 Å². The summed E-state index contributed by atoms with van der Waals surface area (Å²) < 4.78 is 0. The van der Waals surface area contributed by atoms with Crippen LogP contribution in [0.3, 0.4) is 0 Å². The third-order valence-electron chi connectivity index (χ3n) is 4.26. The fourth-order valence-electron chi connectivity index (χ4n) is 3.00. The number of amides is 3. The Labute approximate surface area is 149 Å². The molecule has 1 aliphatic rings. The number of hydrazine groups is 1. The summed E-state index contributed by atoms with van der Waals surface area (Å²) in [5, 5.41) is 0.773. The standard InChI is InChI=1S/C21H14N2O3/c24-19(16-11-5-4-10-15(16)14-8-2-1-3-9-14)22-23-20(25)17-12-6-7-13-18(17)21(23)26/h1-13H,(H,22,24). The van der Waals surface area contributed by atoms with E-state index in [2.05, 4.69) is 5.43 Å². The lowest BCUT2D eigenvalue weighted by molar-refractivity contribution is 0.0518. The van der Waals surface area contributed by atoms with Crippen molar-refractivity contribution in [3.05, 3.63) is 95.6 Å². The van der Waals surface area contributed by atoms with Gasteiger partial charge in [-0.3, -0.25) is 19.8 Å². The lowest BCUT2D eigenvalue weighted by Crippen LogP contribution is -2.46. The van der Waals surface area contributed by atoms with Crippen molar-refractivity contribution >= 4 is 17.7 Å². The van der Waals surface area contributed by atoms with Gasteiger partial charge in [-0.15, -0.1) is 0 Å². The molecule has 0 radical (unpaired) electrons. The quantitative estimate of drug-likeness (QED) is 0.743. The lowest BCUT2D eigenvalue weighted by Gasteiger charge is -2.16. The Morgan fingerprint density at radius 3 is 1.77 bits per heavy atom. The Morgan fingerprint density at radius 1 is 0.654 bits per heavy atom. The zero-order valence-electron chi connectivity index (χ0n) is 13.7. The van der Waals surface area contributed by atoms with Crippen molar-refractivity contribution in [2.45, 2.75) is 0 Å². The van der Waals surface area contributed by atoms with E-state index in [0.717, 1.165) is 16.1 Å². The second-order valence-electron chi connectivity index (χ2n) is 5.84. The normalized spacial score (nSPS) is 12.8. The van der Waals surface area contributed by atoms with Gasteiger partial charge in [0, 0.05) is 5.56 Å². The van der Waals surface area contributed by atoms with Crippen molar-refractivity contribution in [1.82, 2.24) is 10.4 Å². The Balaban J connectivity index is 1.65. The molecular formula is C21H14N2O3. The van der Waals surface area contributed by atoms with Gasteiger partial charge in [0.05, 0.1) is 11.1 Å². The van der Waals surface area contributed by atoms with Crippen molar-refractivity contribution in [3.8, 4) is 11.1 Å². The van der Waals surface area contributed by atoms with Gasteiger partial charge >= 0.3 is 0 Å². The smallest absolute Gasteiger partial charge is 0.267 e. The number of imide groups is 1. The molecule has 0 bridgehead atoms. The highest BCUT2D eigenvalue weighted by Crippen LogP contribution is 2.25. The molecular weight excluding hydrogens is 328 g/mol. The van der Waals surface area contributed by atoms with E-state index in [0.29, 0.717) is 5.56 Å². The molecule has 3 aromatic carbocycles. The van der Waals surface area contributed by atoms with E-state index in [9.17, 15) is 14.4 Å². The van der Waals surface area contributed by atoms with Crippen LogP contribution in [-0.2, 0) is 0 Å². The van der Waals surface area contributed by atoms with Gasteiger partial charge in [-0.1, -0.05) is 60.7 Å². The van der Waals surface area contributed by atoms with E-state index in [1.54, 1.807) is 36.4 Å². The third-order valence-corrected chi connectivity index (χ3v) is 4.26. The monoisotopic (exact) mass is 342 g/mol. The van der Waals surface area contributed by atoms with Gasteiger partial charge in [0.25, 0.3) is 17.7 Å². The molecule has 5 heteroatoms. The van der Waals surface area contributed by atoms with Gasteiger partial charge in [0.2, 0.25) is 0 Å². The summed E-state index contributed by atoms with van der Waals surface area (Å²) in [4.78, 5) is 37.6. The van der Waals surface area contributed by atoms with Gasteiger partial charge in [-0.25, -0.2) is 0 Å². The highest BCUT2D eigenvalue weighted by Gasteiger charge is 2.36. The molecule has 0 aliphatic carbocycles. The molecule has 1 N–H and O–H groups in total. The third kappa shape index (κ3) is 2.56. The van der Waals surface area contributed by atoms with Crippen molar-refractivity contribution in [3.63, 3.8) is 0 Å². The second kappa shape index (κ2) is 6.29. The molecule has 126 valence electrons. The molecule has 26 heavy (non-hydrogen) atoms. The molecule has 0 fully saturated rings. The second-order valence-corrected chi connectivity index (χ2v) is 5.84. The van der Waals surface area contributed by atoms with Crippen LogP contribution >= 0.6 is 0 Å². The van der Waals surface area contributed by atoms with E-state index in [-0.39, 0.29) is 11.1 Å². The van der Waals surface area contributed by atoms with Crippen LogP contribution in [-0.4, -0.2) is 22.7 Å². The van der Waals surface area contributed by atoms with Crippen LogP contribution in [0.25, 0.3) is 11.1 Å². The predicted octanol–water partition coefficient (Wildman–Crippen LogP) is 3.29. The summed E-state index contributed by atoms with van der Waals surface area (Å²) in [6.45, 7) is 0. The number of hydrogen-bond donors (Lipinski definition) is 1. The number of benzene rings is 3. The molecule has 0 spiro atoms. The average molecular weight is 342 g/mol. The van der Waals surface area contributed by atoms with Crippen LogP contribution < -0.4 is 5.43 Å². The predicted molar refractivity (Wildman–Crippen MR) is 96.3 cm³/mol. The minimum absolute atomic E-state index is 0.286. The molecule has 3 amide bonds. The minimum atomic E-state index is -0.531.